The van der Waals surface area contributed by atoms with E-state index in [1.54, 1.807) is 13.1 Å². The fourth-order valence-corrected chi connectivity index (χ4v) is 4.13. The molecule has 3 atom stereocenters. The number of aliphatic hydroxyl groups excluding tert-OH is 1. The first-order chi connectivity index (χ1) is 15.6. The summed E-state index contributed by atoms with van der Waals surface area (Å²) >= 11 is 1.22. The van der Waals surface area contributed by atoms with Gasteiger partial charge in [0.25, 0.3) is 0 Å². The van der Waals surface area contributed by atoms with E-state index in [1.807, 2.05) is 6.92 Å². The Kier molecular flexibility index (Phi) is 6.17. The number of pyridine rings is 1. The van der Waals surface area contributed by atoms with Gasteiger partial charge in [-0.2, -0.15) is 18.2 Å². The van der Waals surface area contributed by atoms with Gasteiger partial charge in [0, 0.05) is 29.0 Å². The first-order valence-electron chi connectivity index (χ1n) is 9.86. The van der Waals surface area contributed by atoms with Crippen LogP contribution in [0.5, 0.6) is 0 Å². The summed E-state index contributed by atoms with van der Waals surface area (Å²) in [6.45, 7) is 3.43. The molecule has 1 saturated heterocycles. The van der Waals surface area contributed by atoms with E-state index in [9.17, 15) is 23.1 Å². The van der Waals surface area contributed by atoms with Gasteiger partial charge >= 0.3 is 12.3 Å². The van der Waals surface area contributed by atoms with Crippen LogP contribution in [0.2, 0.25) is 0 Å². The van der Waals surface area contributed by atoms with Gasteiger partial charge in [-0.15, -0.1) is 11.3 Å². The van der Waals surface area contributed by atoms with E-state index in [4.69, 9.17) is 4.74 Å². The van der Waals surface area contributed by atoms with Gasteiger partial charge in [-0.1, -0.05) is 0 Å². The molecule has 4 heterocycles. The zero-order chi connectivity index (χ0) is 23.8. The molecule has 0 bridgehead atoms. The molecule has 0 aliphatic carbocycles. The molecular weight excluding hydrogens is 461 g/mol. The second-order valence-corrected chi connectivity index (χ2v) is 8.42. The van der Waals surface area contributed by atoms with E-state index >= 15 is 0 Å². The van der Waals surface area contributed by atoms with Crippen LogP contribution in [0.25, 0.3) is 10.6 Å². The molecule has 2 N–H and O–H groups in total. The number of carbonyl (C=O) groups excluding carboxylic acids is 1. The standard InChI is InChI=1S/C20H19F3N6O3S/c1-10(14-8-26-17(33-14)12-3-5-24-15(7-12)20(21,22)23)27-18-25-6-4-16(28-18)29-13(11(2)30)9-32-19(29)31/h3-8,10-11,13,30H,9H2,1-2H3,(H,25,27,28)/t10-,11+,13?/m0/s1. The Labute approximate surface area is 190 Å². The number of nitrogens with one attached hydrogen (secondary N) is 1. The Bertz CT molecular complexity index is 1160. The molecular formula is C20H19F3N6O3S. The van der Waals surface area contributed by atoms with Crippen LogP contribution in [-0.4, -0.2) is 49.9 Å². The van der Waals surface area contributed by atoms with E-state index in [0.29, 0.717) is 10.6 Å². The van der Waals surface area contributed by atoms with Crippen LogP contribution in [0.4, 0.5) is 29.7 Å². The molecule has 1 fully saturated rings. The predicted molar refractivity (Wildman–Crippen MR) is 114 cm³/mol. The molecule has 13 heteroatoms. The van der Waals surface area contributed by atoms with Gasteiger partial charge in [0.15, 0.2) is 0 Å². The van der Waals surface area contributed by atoms with Crippen molar-refractivity contribution in [3.05, 3.63) is 47.4 Å². The van der Waals surface area contributed by atoms with Crippen LogP contribution in [-0.2, 0) is 10.9 Å². The van der Waals surface area contributed by atoms with E-state index in [2.05, 4.69) is 25.3 Å². The lowest BCUT2D eigenvalue weighted by molar-refractivity contribution is -0.141. The SMILES string of the molecule is C[C@H](Nc1nccc(N2C(=O)OCC2[C@@H](C)O)n1)c1cnc(-c2ccnc(C(F)(F)F)c2)s1. The quantitative estimate of drug-likeness (QED) is 0.546. The molecule has 4 rings (SSSR count). The Morgan fingerprint density at radius 2 is 2.00 bits per heavy atom. The Hall–Kier alpha value is -3.32. The number of ether oxygens (including phenoxy) is 1. The van der Waals surface area contributed by atoms with Crippen LogP contribution >= 0.6 is 11.3 Å². The van der Waals surface area contributed by atoms with Gasteiger partial charge < -0.3 is 15.2 Å². The van der Waals surface area contributed by atoms with Gasteiger partial charge in [-0.3, -0.25) is 9.88 Å². The number of alkyl halides is 3. The molecule has 1 aliphatic heterocycles. The largest absolute Gasteiger partial charge is 0.447 e. The van der Waals surface area contributed by atoms with Crippen molar-refractivity contribution in [1.29, 1.82) is 0 Å². The summed E-state index contributed by atoms with van der Waals surface area (Å²) in [5.74, 6) is 0.497. The van der Waals surface area contributed by atoms with E-state index < -0.39 is 30.1 Å². The number of rotatable bonds is 6. The molecule has 1 unspecified atom stereocenters. The normalized spacial score (nSPS) is 18.2. The number of hydrogen-bond acceptors (Lipinski definition) is 9. The second kappa shape index (κ2) is 8.90. The number of nitrogens with zero attached hydrogens (tertiary/aromatic N) is 5. The fraction of sp³-hybridized carbons (Fsp3) is 0.350. The Morgan fingerprint density at radius 3 is 2.73 bits per heavy atom. The van der Waals surface area contributed by atoms with Gasteiger partial charge in [-0.05, 0) is 32.0 Å². The molecule has 9 nitrogen and oxygen atoms in total. The third kappa shape index (κ3) is 4.88. The van der Waals surface area contributed by atoms with Crippen molar-refractivity contribution in [1.82, 2.24) is 19.9 Å². The maximum atomic E-state index is 12.9. The minimum Gasteiger partial charge on any atom is -0.447 e. The molecule has 0 saturated carbocycles. The summed E-state index contributed by atoms with van der Waals surface area (Å²) in [7, 11) is 0. The number of amides is 1. The summed E-state index contributed by atoms with van der Waals surface area (Å²) in [6, 6.07) is 3.07. The maximum absolute atomic E-state index is 12.9. The minimum atomic E-state index is -4.54. The van der Waals surface area contributed by atoms with Gasteiger partial charge in [0.2, 0.25) is 5.95 Å². The van der Waals surface area contributed by atoms with Crippen molar-refractivity contribution in [3.63, 3.8) is 0 Å². The Balaban J connectivity index is 1.51. The zero-order valence-electron chi connectivity index (χ0n) is 17.4. The van der Waals surface area contributed by atoms with E-state index in [1.165, 1.54) is 34.6 Å². The minimum absolute atomic E-state index is 0.0500. The molecule has 3 aromatic heterocycles. The van der Waals surface area contributed by atoms with Crippen molar-refractivity contribution in [2.45, 2.75) is 38.2 Å². The average Bonchev–Trinajstić information content (AvgIpc) is 3.41. The number of carbonyl (C=O) groups is 1. The monoisotopic (exact) mass is 480 g/mol. The van der Waals surface area contributed by atoms with E-state index in [0.717, 1.165) is 17.1 Å². The number of thiazole rings is 1. The van der Waals surface area contributed by atoms with Crippen LogP contribution < -0.4 is 10.2 Å². The van der Waals surface area contributed by atoms with Crippen molar-refractivity contribution in [3.8, 4) is 10.6 Å². The van der Waals surface area contributed by atoms with Crippen molar-refractivity contribution >= 4 is 29.2 Å². The Morgan fingerprint density at radius 1 is 1.24 bits per heavy atom. The number of cyclic esters (lactones) is 1. The van der Waals surface area contributed by atoms with Crippen molar-refractivity contribution < 1.29 is 27.8 Å². The molecule has 1 aliphatic rings. The van der Waals surface area contributed by atoms with Crippen molar-refractivity contribution in [2.24, 2.45) is 0 Å². The average molecular weight is 480 g/mol. The number of hydrogen-bond donors (Lipinski definition) is 2. The lowest BCUT2D eigenvalue weighted by Gasteiger charge is -2.23. The molecule has 0 radical (unpaired) electrons. The third-order valence-corrected chi connectivity index (χ3v) is 6.17. The number of aliphatic hydroxyl groups is 1. The molecule has 1 amide bonds. The maximum Gasteiger partial charge on any atom is 0.433 e. The molecule has 33 heavy (non-hydrogen) atoms. The van der Waals surface area contributed by atoms with Gasteiger partial charge in [0.1, 0.15) is 29.2 Å². The predicted octanol–water partition coefficient (Wildman–Crippen LogP) is 3.89. The lowest BCUT2D eigenvalue weighted by Crippen LogP contribution is -2.41. The highest BCUT2D eigenvalue weighted by Gasteiger charge is 2.38. The number of halogens is 3. The fourth-order valence-electron chi connectivity index (χ4n) is 3.21. The summed E-state index contributed by atoms with van der Waals surface area (Å²) in [5, 5.41) is 13.4. The molecule has 174 valence electrons. The number of aromatic nitrogens is 4. The first-order valence-corrected chi connectivity index (χ1v) is 10.7. The van der Waals surface area contributed by atoms with Crippen LogP contribution in [0.3, 0.4) is 0 Å². The van der Waals surface area contributed by atoms with E-state index in [-0.39, 0.29) is 24.4 Å². The highest BCUT2D eigenvalue weighted by Crippen LogP contribution is 2.34. The second-order valence-electron chi connectivity index (χ2n) is 7.35. The molecule has 0 aromatic carbocycles. The van der Waals surface area contributed by atoms with Crippen LogP contribution in [0.1, 0.15) is 30.5 Å². The molecule has 0 spiro atoms. The highest BCUT2D eigenvalue weighted by atomic mass is 32.1. The summed E-state index contributed by atoms with van der Waals surface area (Å²) in [4.78, 5) is 30.2. The van der Waals surface area contributed by atoms with Gasteiger partial charge in [-0.25, -0.2) is 14.8 Å². The van der Waals surface area contributed by atoms with Crippen LogP contribution in [0.15, 0.2) is 36.8 Å². The zero-order valence-corrected chi connectivity index (χ0v) is 18.3. The third-order valence-electron chi connectivity index (χ3n) is 4.94. The highest BCUT2D eigenvalue weighted by molar-refractivity contribution is 7.15. The van der Waals surface area contributed by atoms with Crippen molar-refractivity contribution in [2.75, 3.05) is 16.8 Å². The summed E-state index contributed by atoms with van der Waals surface area (Å²) < 4.78 is 43.9. The summed E-state index contributed by atoms with van der Waals surface area (Å²) in [6.07, 6.45) is -1.83. The summed E-state index contributed by atoms with van der Waals surface area (Å²) in [5.41, 5.74) is -0.667. The first kappa shape index (κ1) is 22.9. The topological polar surface area (TPSA) is 113 Å². The number of anilines is 2. The van der Waals surface area contributed by atoms with Crippen LogP contribution in [0, 0.1) is 0 Å². The van der Waals surface area contributed by atoms with Gasteiger partial charge in [0.05, 0.1) is 12.1 Å². The molecule has 3 aromatic rings. The lowest BCUT2D eigenvalue weighted by atomic mass is 10.2. The smallest absolute Gasteiger partial charge is 0.433 e.